The largest absolute Gasteiger partial charge is 0.261 e. The third-order valence-corrected chi connectivity index (χ3v) is 7.00. The summed E-state index contributed by atoms with van der Waals surface area (Å²) >= 11 is 0. The zero-order valence-electron chi connectivity index (χ0n) is 13.2. The van der Waals surface area contributed by atoms with Gasteiger partial charge in [-0.05, 0) is 61.0 Å². The Labute approximate surface area is 131 Å². The van der Waals surface area contributed by atoms with Crippen LogP contribution in [0.25, 0.3) is 0 Å². The Morgan fingerprint density at radius 3 is 2.23 bits per heavy atom. The third kappa shape index (κ3) is 2.11. The molecule has 0 aliphatic heterocycles. The van der Waals surface area contributed by atoms with Gasteiger partial charge in [0, 0.05) is 24.7 Å². The van der Waals surface area contributed by atoms with Crippen molar-refractivity contribution in [3.8, 4) is 0 Å². The van der Waals surface area contributed by atoms with Gasteiger partial charge in [0.1, 0.15) is 0 Å². The molecule has 4 rings (SSSR count). The summed E-state index contributed by atoms with van der Waals surface area (Å²) < 4.78 is 27.3. The second-order valence-electron chi connectivity index (χ2n) is 7.81. The van der Waals surface area contributed by atoms with Gasteiger partial charge >= 0.3 is 0 Å². The predicted octanol–water partition coefficient (Wildman–Crippen LogP) is 5.40. The highest BCUT2D eigenvalue weighted by Crippen LogP contribution is 2.80. The van der Waals surface area contributed by atoms with E-state index in [4.69, 9.17) is 0 Å². The number of halogens is 2. The molecule has 1 atom stereocenters. The van der Waals surface area contributed by atoms with Crippen LogP contribution in [0.5, 0.6) is 0 Å². The van der Waals surface area contributed by atoms with Crippen molar-refractivity contribution in [2.45, 2.75) is 70.1 Å². The second kappa shape index (κ2) is 5.01. The van der Waals surface area contributed by atoms with E-state index in [1.54, 1.807) is 0 Å². The maximum absolute atomic E-state index is 13.7. The number of aromatic nitrogens is 1. The van der Waals surface area contributed by atoms with E-state index in [2.05, 4.69) is 11.1 Å². The molecule has 3 heteroatoms. The molecule has 0 saturated heterocycles. The minimum absolute atomic E-state index is 0.105. The smallest absolute Gasteiger partial charge is 0.248 e. The van der Waals surface area contributed by atoms with Gasteiger partial charge in [-0.2, -0.15) is 0 Å². The molecule has 120 valence electrons. The first-order chi connectivity index (χ1) is 10.6. The van der Waals surface area contributed by atoms with Crippen molar-refractivity contribution in [1.29, 1.82) is 0 Å². The minimum Gasteiger partial charge on any atom is -0.261 e. The molecule has 3 aliphatic rings. The summed E-state index contributed by atoms with van der Waals surface area (Å²) in [5.74, 6) is -1.83. The molecule has 3 aliphatic carbocycles. The molecule has 0 bridgehead atoms. The van der Waals surface area contributed by atoms with Crippen LogP contribution in [0.15, 0.2) is 24.4 Å². The zero-order valence-corrected chi connectivity index (χ0v) is 13.2. The summed E-state index contributed by atoms with van der Waals surface area (Å²) in [6, 6.07) is 6.09. The standard InChI is InChI=1S/C19H25F2N/c20-19(21)11-9-18(10-12-19)16(14-15-6-2-5-13-22-15)17(18)7-3-1-4-8-17/h2,5-6,13,16H,1,3-4,7-12,14H2. The summed E-state index contributed by atoms with van der Waals surface area (Å²) in [7, 11) is 0. The maximum atomic E-state index is 13.7. The van der Waals surface area contributed by atoms with E-state index in [9.17, 15) is 8.78 Å². The first-order valence-corrected chi connectivity index (χ1v) is 8.86. The fourth-order valence-electron chi connectivity index (χ4n) is 5.90. The summed E-state index contributed by atoms with van der Waals surface area (Å²) in [6.07, 6.45) is 10.9. The van der Waals surface area contributed by atoms with Crippen LogP contribution in [0, 0.1) is 16.7 Å². The van der Waals surface area contributed by atoms with Crippen LogP contribution in [0.2, 0.25) is 0 Å². The van der Waals surface area contributed by atoms with Crippen LogP contribution in [0.1, 0.15) is 63.5 Å². The lowest BCUT2D eigenvalue weighted by atomic mass is 9.73. The molecule has 1 heterocycles. The second-order valence-corrected chi connectivity index (χ2v) is 7.81. The number of fused-ring (bicyclic) bond motifs is 1. The molecule has 3 fully saturated rings. The summed E-state index contributed by atoms with van der Waals surface area (Å²) in [5.41, 5.74) is 1.71. The van der Waals surface area contributed by atoms with Crippen LogP contribution in [-0.4, -0.2) is 10.9 Å². The van der Waals surface area contributed by atoms with Crippen LogP contribution in [-0.2, 0) is 6.42 Å². The van der Waals surface area contributed by atoms with Crippen LogP contribution >= 0.6 is 0 Å². The van der Waals surface area contributed by atoms with Crippen LogP contribution in [0.4, 0.5) is 8.78 Å². The molecule has 2 spiro atoms. The fraction of sp³-hybridized carbons (Fsp3) is 0.737. The van der Waals surface area contributed by atoms with Crippen molar-refractivity contribution >= 4 is 0 Å². The molecule has 3 saturated carbocycles. The van der Waals surface area contributed by atoms with E-state index in [-0.39, 0.29) is 18.3 Å². The van der Waals surface area contributed by atoms with E-state index < -0.39 is 5.92 Å². The monoisotopic (exact) mass is 305 g/mol. The lowest BCUT2D eigenvalue weighted by molar-refractivity contribution is -0.0580. The maximum Gasteiger partial charge on any atom is 0.248 e. The van der Waals surface area contributed by atoms with Gasteiger partial charge in [-0.1, -0.05) is 25.3 Å². The number of hydrogen-bond donors (Lipinski definition) is 0. The van der Waals surface area contributed by atoms with E-state index >= 15 is 0 Å². The first kappa shape index (κ1) is 14.6. The van der Waals surface area contributed by atoms with Crippen molar-refractivity contribution in [1.82, 2.24) is 4.98 Å². The zero-order chi connectivity index (χ0) is 15.3. The number of nitrogens with zero attached hydrogens (tertiary/aromatic N) is 1. The minimum atomic E-state index is -2.42. The molecule has 1 unspecified atom stereocenters. The van der Waals surface area contributed by atoms with Gasteiger partial charge in [-0.15, -0.1) is 0 Å². The van der Waals surface area contributed by atoms with Crippen molar-refractivity contribution in [2.24, 2.45) is 16.7 Å². The number of alkyl halides is 2. The van der Waals surface area contributed by atoms with Gasteiger partial charge in [-0.25, -0.2) is 8.78 Å². The van der Waals surface area contributed by atoms with Gasteiger partial charge in [0.05, 0.1) is 0 Å². The van der Waals surface area contributed by atoms with E-state index in [0.717, 1.165) is 25.0 Å². The molecular formula is C19H25F2N. The molecule has 1 aromatic rings. The quantitative estimate of drug-likeness (QED) is 0.713. The van der Waals surface area contributed by atoms with Gasteiger partial charge in [-0.3, -0.25) is 4.98 Å². The number of pyridine rings is 1. The molecule has 0 radical (unpaired) electrons. The molecule has 1 aromatic heterocycles. The summed E-state index contributed by atoms with van der Waals surface area (Å²) in [6.45, 7) is 0. The Morgan fingerprint density at radius 1 is 0.909 bits per heavy atom. The van der Waals surface area contributed by atoms with Gasteiger partial charge < -0.3 is 0 Å². The van der Waals surface area contributed by atoms with Crippen molar-refractivity contribution < 1.29 is 8.78 Å². The van der Waals surface area contributed by atoms with Gasteiger partial charge in [0.25, 0.3) is 0 Å². The topological polar surface area (TPSA) is 12.9 Å². The Balaban J connectivity index is 1.58. The average Bonchev–Trinajstić information content (AvgIpc) is 3.03. The van der Waals surface area contributed by atoms with E-state index in [1.807, 2.05) is 18.3 Å². The van der Waals surface area contributed by atoms with E-state index in [0.29, 0.717) is 11.3 Å². The highest BCUT2D eigenvalue weighted by molar-refractivity contribution is 5.25. The lowest BCUT2D eigenvalue weighted by Crippen LogP contribution is -2.29. The Bertz CT molecular complexity index is 524. The Kier molecular flexibility index (Phi) is 3.32. The van der Waals surface area contributed by atoms with Crippen LogP contribution < -0.4 is 0 Å². The highest BCUT2D eigenvalue weighted by Gasteiger charge is 2.75. The lowest BCUT2D eigenvalue weighted by Gasteiger charge is -2.35. The third-order valence-electron chi connectivity index (χ3n) is 7.00. The summed E-state index contributed by atoms with van der Waals surface area (Å²) in [4.78, 5) is 4.50. The molecule has 0 amide bonds. The van der Waals surface area contributed by atoms with Crippen LogP contribution in [0.3, 0.4) is 0 Å². The average molecular weight is 305 g/mol. The molecule has 1 nitrogen and oxygen atoms in total. The van der Waals surface area contributed by atoms with Crippen molar-refractivity contribution in [3.05, 3.63) is 30.1 Å². The fourth-order valence-corrected chi connectivity index (χ4v) is 5.90. The summed E-state index contributed by atoms with van der Waals surface area (Å²) in [5, 5.41) is 0. The number of rotatable bonds is 2. The van der Waals surface area contributed by atoms with Crippen molar-refractivity contribution in [2.75, 3.05) is 0 Å². The predicted molar refractivity (Wildman–Crippen MR) is 82.8 cm³/mol. The molecule has 0 N–H and O–H groups in total. The normalized spacial score (nSPS) is 31.3. The van der Waals surface area contributed by atoms with Gasteiger partial charge in [0.15, 0.2) is 0 Å². The SMILES string of the molecule is FC1(F)CCC2(CC1)C(Cc1ccccn1)C21CCCCC1. The Morgan fingerprint density at radius 2 is 1.59 bits per heavy atom. The molecule has 0 aromatic carbocycles. The van der Waals surface area contributed by atoms with E-state index in [1.165, 1.54) is 32.1 Å². The molecular weight excluding hydrogens is 280 g/mol. The highest BCUT2D eigenvalue weighted by atomic mass is 19.3. The first-order valence-electron chi connectivity index (χ1n) is 8.86. The number of hydrogen-bond acceptors (Lipinski definition) is 1. The van der Waals surface area contributed by atoms with Gasteiger partial charge in [0.2, 0.25) is 5.92 Å². The molecule has 22 heavy (non-hydrogen) atoms. The van der Waals surface area contributed by atoms with Crippen molar-refractivity contribution in [3.63, 3.8) is 0 Å². The Hall–Kier alpha value is -0.990.